The maximum absolute atomic E-state index is 11.2. The Bertz CT molecular complexity index is 1080. The maximum Gasteiger partial charge on any atom is 0.335 e. The summed E-state index contributed by atoms with van der Waals surface area (Å²) in [6.45, 7) is 4.66. The van der Waals surface area contributed by atoms with Gasteiger partial charge in [-0.15, -0.1) is 0 Å². The SMILES string of the molecule is O=C(O)c1ccc2c(N3CCN(Cc4ccc5c(c4)OCO5)CC3)ncnc2c1. The highest BCUT2D eigenvalue weighted by molar-refractivity contribution is 5.96. The van der Waals surface area contributed by atoms with Gasteiger partial charge >= 0.3 is 5.97 Å². The number of carbonyl (C=O) groups is 1. The minimum atomic E-state index is -0.954. The Kier molecular flexibility index (Phi) is 4.40. The summed E-state index contributed by atoms with van der Waals surface area (Å²) >= 11 is 0. The molecule has 1 aromatic heterocycles. The molecule has 0 unspecified atom stereocenters. The number of anilines is 1. The normalized spacial score (nSPS) is 16.3. The van der Waals surface area contributed by atoms with Crippen molar-refractivity contribution in [2.75, 3.05) is 37.9 Å². The Morgan fingerprint density at radius 2 is 1.83 bits per heavy atom. The Morgan fingerprint density at radius 3 is 2.66 bits per heavy atom. The fraction of sp³-hybridized carbons (Fsp3) is 0.286. The van der Waals surface area contributed by atoms with Crippen LogP contribution in [-0.4, -0.2) is 58.9 Å². The van der Waals surface area contributed by atoms with Gasteiger partial charge in [0.15, 0.2) is 11.5 Å². The fourth-order valence-corrected chi connectivity index (χ4v) is 3.84. The molecule has 2 aliphatic rings. The van der Waals surface area contributed by atoms with E-state index >= 15 is 0 Å². The van der Waals surface area contributed by atoms with E-state index in [2.05, 4.69) is 25.8 Å². The van der Waals surface area contributed by atoms with Crippen molar-refractivity contribution in [3.05, 3.63) is 53.9 Å². The molecule has 3 aromatic rings. The van der Waals surface area contributed by atoms with E-state index in [4.69, 9.17) is 9.47 Å². The van der Waals surface area contributed by atoms with Crippen LogP contribution in [0.4, 0.5) is 5.82 Å². The van der Waals surface area contributed by atoms with Crippen molar-refractivity contribution in [2.24, 2.45) is 0 Å². The number of ether oxygens (including phenoxy) is 2. The van der Waals surface area contributed by atoms with Gasteiger partial charge in [-0.25, -0.2) is 14.8 Å². The highest BCUT2D eigenvalue weighted by Gasteiger charge is 2.21. The van der Waals surface area contributed by atoms with Crippen LogP contribution in [0.5, 0.6) is 11.5 Å². The Labute approximate surface area is 167 Å². The van der Waals surface area contributed by atoms with Crippen LogP contribution in [0.25, 0.3) is 10.9 Å². The number of carboxylic acid groups (broad SMARTS) is 1. The molecule has 0 atom stereocenters. The quantitative estimate of drug-likeness (QED) is 0.724. The van der Waals surface area contributed by atoms with Gasteiger partial charge in [-0.1, -0.05) is 6.07 Å². The average molecular weight is 392 g/mol. The van der Waals surface area contributed by atoms with E-state index < -0.39 is 5.97 Å². The lowest BCUT2D eigenvalue weighted by Gasteiger charge is -2.35. The number of hydrogen-bond donors (Lipinski definition) is 1. The topological polar surface area (TPSA) is 88.0 Å². The summed E-state index contributed by atoms with van der Waals surface area (Å²) in [7, 11) is 0. The van der Waals surface area contributed by atoms with Gasteiger partial charge < -0.3 is 19.5 Å². The second-order valence-electron chi connectivity index (χ2n) is 7.19. The van der Waals surface area contributed by atoms with Crippen LogP contribution in [0.3, 0.4) is 0 Å². The van der Waals surface area contributed by atoms with Crippen LogP contribution in [0, 0.1) is 0 Å². The van der Waals surface area contributed by atoms with Crippen LogP contribution in [0.15, 0.2) is 42.7 Å². The van der Waals surface area contributed by atoms with Crippen molar-refractivity contribution in [2.45, 2.75) is 6.54 Å². The summed E-state index contributed by atoms with van der Waals surface area (Å²) in [6, 6.07) is 11.1. The first kappa shape index (κ1) is 17.7. The lowest BCUT2D eigenvalue weighted by molar-refractivity contribution is 0.0697. The molecule has 0 radical (unpaired) electrons. The van der Waals surface area contributed by atoms with Gasteiger partial charge in [0.1, 0.15) is 12.1 Å². The predicted molar refractivity (Wildman–Crippen MR) is 107 cm³/mol. The molecule has 5 rings (SSSR count). The first-order valence-electron chi connectivity index (χ1n) is 9.51. The van der Waals surface area contributed by atoms with Gasteiger partial charge in [-0.05, 0) is 35.9 Å². The minimum Gasteiger partial charge on any atom is -0.478 e. The summed E-state index contributed by atoms with van der Waals surface area (Å²) in [4.78, 5) is 24.6. The summed E-state index contributed by atoms with van der Waals surface area (Å²) in [6.07, 6.45) is 1.50. The van der Waals surface area contributed by atoms with Crippen molar-refractivity contribution in [3.8, 4) is 11.5 Å². The van der Waals surface area contributed by atoms with Gasteiger partial charge in [0.25, 0.3) is 0 Å². The Morgan fingerprint density at radius 1 is 1.00 bits per heavy atom. The molecule has 1 saturated heterocycles. The molecule has 1 fully saturated rings. The zero-order valence-electron chi connectivity index (χ0n) is 15.7. The number of fused-ring (bicyclic) bond motifs is 2. The summed E-state index contributed by atoms with van der Waals surface area (Å²) in [5.74, 6) is 1.52. The summed E-state index contributed by atoms with van der Waals surface area (Å²) in [5, 5.41) is 10.1. The molecule has 0 saturated carbocycles. The van der Waals surface area contributed by atoms with E-state index in [1.807, 2.05) is 12.1 Å². The van der Waals surface area contributed by atoms with Crippen LogP contribution in [0.2, 0.25) is 0 Å². The zero-order chi connectivity index (χ0) is 19.8. The van der Waals surface area contributed by atoms with Crippen LogP contribution in [0.1, 0.15) is 15.9 Å². The van der Waals surface area contributed by atoms with Crippen molar-refractivity contribution in [3.63, 3.8) is 0 Å². The zero-order valence-corrected chi connectivity index (χ0v) is 15.7. The standard InChI is InChI=1S/C21H20N4O4/c26-21(27)15-2-3-16-17(10-15)22-12-23-20(16)25-7-5-24(6-8-25)11-14-1-4-18-19(9-14)29-13-28-18/h1-4,9-10,12H,5-8,11,13H2,(H,26,27). The van der Waals surface area contributed by atoms with E-state index in [0.29, 0.717) is 5.52 Å². The molecule has 148 valence electrons. The van der Waals surface area contributed by atoms with Gasteiger partial charge in [0, 0.05) is 38.1 Å². The molecule has 29 heavy (non-hydrogen) atoms. The van der Waals surface area contributed by atoms with Gasteiger partial charge in [0.2, 0.25) is 6.79 Å². The molecule has 1 N–H and O–H groups in total. The highest BCUT2D eigenvalue weighted by atomic mass is 16.7. The Hall–Kier alpha value is -3.39. The Balaban J connectivity index is 1.29. The molecular weight excluding hydrogens is 372 g/mol. The summed E-state index contributed by atoms with van der Waals surface area (Å²) < 4.78 is 10.8. The number of benzene rings is 2. The molecule has 8 heteroatoms. The first-order valence-corrected chi connectivity index (χ1v) is 9.51. The molecule has 0 spiro atoms. The molecule has 0 amide bonds. The van der Waals surface area contributed by atoms with Gasteiger partial charge in [-0.3, -0.25) is 4.90 Å². The van der Waals surface area contributed by atoms with Crippen molar-refractivity contribution >= 4 is 22.7 Å². The number of carboxylic acids is 1. The molecule has 2 aromatic carbocycles. The number of rotatable bonds is 4. The summed E-state index contributed by atoms with van der Waals surface area (Å²) in [5.41, 5.74) is 2.09. The third-order valence-electron chi connectivity index (χ3n) is 5.38. The number of nitrogens with zero attached hydrogens (tertiary/aromatic N) is 4. The van der Waals surface area contributed by atoms with Crippen LogP contribution in [-0.2, 0) is 6.54 Å². The first-order chi connectivity index (χ1) is 14.2. The smallest absolute Gasteiger partial charge is 0.335 e. The maximum atomic E-state index is 11.2. The van der Waals surface area contributed by atoms with E-state index in [9.17, 15) is 9.90 Å². The van der Waals surface area contributed by atoms with Crippen molar-refractivity contribution in [1.82, 2.24) is 14.9 Å². The largest absolute Gasteiger partial charge is 0.478 e. The third-order valence-corrected chi connectivity index (χ3v) is 5.38. The number of hydrogen-bond acceptors (Lipinski definition) is 7. The molecule has 0 aliphatic carbocycles. The van der Waals surface area contributed by atoms with E-state index in [0.717, 1.165) is 55.4 Å². The molecule has 2 aliphatic heterocycles. The number of aromatic carboxylic acids is 1. The fourth-order valence-electron chi connectivity index (χ4n) is 3.84. The van der Waals surface area contributed by atoms with Crippen LogP contribution < -0.4 is 14.4 Å². The molecule has 0 bridgehead atoms. The molecule has 3 heterocycles. The van der Waals surface area contributed by atoms with Crippen molar-refractivity contribution in [1.29, 1.82) is 0 Å². The van der Waals surface area contributed by atoms with Gasteiger partial charge in [0.05, 0.1) is 11.1 Å². The van der Waals surface area contributed by atoms with Crippen LogP contribution >= 0.6 is 0 Å². The lowest BCUT2D eigenvalue weighted by Crippen LogP contribution is -2.46. The lowest BCUT2D eigenvalue weighted by atomic mass is 10.1. The molecule has 8 nitrogen and oxygen atoms in total. The number of piperazine rings is 1. The minimum absolute atomic E-state index is 0.232. The second-order valence-corrected chi connectivity index (χ2v) is 7.19. The highest BCUT2D eigenvalue weighted by Crippen LogP contribution is 2.33. The van der Waals surface area contributed by atoms with E-state index in [1.54, 1.807) is 18.2 Å². The molecular formula is C21H20N4O4. The predicted octanol–water partition coefficient (Wildman–Crippen LogP) is 2.38. The van der Waals surface area contributed by atoms with E-state index in [1.165, 1.54) is 11.9 Å². The second kappa shape index (κ2) is 7.21. The number of aromatic nitrogens is 2. The van der Waals surface area contributed by atoms with E-state index in [-0.39, 0.29) is 12.4 Å². The average Bonchev–Trinajstić information content (AvgIpc) is 3.21. The third kappa shape index (κ3) is 3.42. The van der Waals surface area contributed by atoms with Gasteiger partial charge in [-0.2, -0.15) is 0 Å². The monoisotopic (exact) mass is 392 g/mol. The van der Waals surface area contributed by atoms with Crippen molar-refractivity contribution < 1.29 is 19.4 Å².